The maximum atomic E-state index is 11.9. The van der Waals surface area contributed by atoms with E-state index in [1.165, 1.54) is 25.7 Å². The quantitative estimate of drug-likeness (QED) is 0.798. The first-order valence-electron chi connectivity index (χ1n) is 7.17. The van der Waals surface area contributed by atoms with Gasteiger partial charge in [-0.3, -0.25) is 4.79 Å². The minimum atomic E-state index is -0.293. The van der Waals surface area contributed by atoms with Crippen molar-refractivity contribution in [1.29, 1.82) is 0 Å². The molecular formula is C14H26N2O2. The summed E-state index contributed by atoms with van der Waals surface area (Å²) in [6.45, 7) is 7.61. The van der Waals surface area contributed by atoms with Gasteiger partial charge >= 0.3 is 0 Å². The minimum absolute atomic E-state index is 0.0482. The smallest absolute Gasteiger partial charge is 0.250 e. The van der Waals surface area contributed by atoms with Crippen molar-refractivity contribution in [2.45, 2.75) is 45.6 Å². The van der Waals surface area contributed by atoms with Crippen LogP contribution in [0.15, 0.2) is 0 Å². The van der Waals surface area contributed by atoms with Crippen molar-refractivity contribution in [3.63, 3.8) is 0 Å². The zero-order valence-corrected chi connectivity index (χ0v) is 11.6. The lowest BCUT2D eigenvalue weighted by molar-refractivity contribution is -0.134. The molecule has 1 heterocycles. The van der Waals surface area contributed by atoms with E-state index in [0.717, 1.165) is 13.1 Å². The Hall–Kier alpha value is -0.610. The Morgan fingerprint density at radius 2 is 2.11 bits per heavy atom. The predicted octanol–water partition coefficient (Wildman–Crippen LogP) is 1.31. The molecule has 1 unspecified atom stereocenters. The summed E-state index contributed by atoms with van der Waals surface area (Å²) >= 11 is 0. The lowest BCUT2D eigenvalue weighted by Gasteiger charge is -2.34. The fourth-order valence-corrected chi connectivity index (χ4v) is 2.76. The van der Waals surface area contributed by atoms with Crippen LogP contribution in [0.2, 0.25) is 0 Å². The second-order valence-corrected chi connectivity index (χ2v) is 6.42. The SMILES string of the molecule is CC1(C)CCC(CNC(=O)C2CNCCO2)CC1. The summed E-state index contributed by atoms with van der Waals surface area (Å²) in [5, 5.41) is 6.22. The number of hydrogen-bond donors (Lipinski definition) is 2. The molecule has 1 aliphatic carbocycles. The van der Waals surface area contributed by atoms with E-state index in [-0.39, 0.29) is 12.0 Å². The van der Waals surface area contributed by atoms with E-state index in [1.54, 1.807) is 0 Å². The molecular weight excluding hydrogens is 228 g/mol. The molecule has 2 fully saturated rings. The van der Waals surface area contributed by atoms with Crippen LogP contribution in [0.3, 0.4) is 0 Å². The second kappa shape index (κ2) is 6.02. The molecule has 2 aliphatic rings. The van der Waals surface area contributed by atoms with Gasteiger partial charge < -0.3 is 15.4 Å². The van der Waals surface area contributed by atoms with Gasteiger partial charge in [0.05, 0.1) is 6.61 Å². The van der Waals surface area contributed by atoms with Gasteiger partial charge in [-0.2, -0.15) is 0 Å². The molecule has 1 atom stereocenters. The molecule has 0 spiro atoms. The van der Waals surface area contributed by atoms with Gasteiger partial charge in [-0.1, -0.05) is 13.8 Å². The summed E-state index contributed by atoms with van der Waals surface area (Å²) in [6, 6.07) is 0. The normalized spacial score (nSPS) is 28.9. The summed E-state index contributed by atoms with van der Waals surface area (Å²) in [4.78, 5) is 11.9. The number of rotatable bonds is 3. The van der Waals surface area contributed by atoms with E-state index in [1.807, 2.05) is 0 Å². The Kier molecular flexibility index (Phi) is 4.62. The van der Waals surface area contributed by atoms with E-state index in [0.29, 0.717) is 24.5 Å². The van der Waals surface area contributed by atoms with Crippen molar-refractivity contribution < 1.29 is 9.53 Å². The Morgan fingerprint density at radius 3 is 2.72 bits per heavy atom. The lowest BCUT2D eigenvalue weighted by atomic mass is 9.73. The summed E-state index contributed by atoms with van der Waals surface area (Å²) < 4.78 is 5.44. The van der Waals surface area contributed by atoms with Crippen LogP contribution in [-0.2, 0) is 9.53 Å². The third-order valence-electron chi connectivity index (χ3n) is 4.24. The molecule has 2 N–H and O–H groups in total. The molecule has 4 heteroatoms. The molecule has 2 rings (SSSR count). The average molecular weight is 254 g/mol. The van der Waals surface area contributed by atoms with Crippen LogP contribution in [-0.4, -0.2) is 38.3 Å². The van der Waals surface area contributed by atoms with E-state index in [4.69, 9.17) is 4.74 Å². The molecule has 0 aromatic rings. The third-order valence-corrected chi connectivity index (χ3v) is 4.24. The van der Waals surface area contributed by atoms with Crippen molar-refractivity contribution in [2.24, 2.45) is 11.3 Å². The van der Waals surface area contributed by atoms with Crippen molar-refractivity contribution in [3.05, 3.63) is 0 Å². The maximum absolute atomic E-state index is 11.9. The highest BCUT2D eigenvalue weighted by atomic mass is 16.5. The number of carbonyl (C=O) groups excluding carboxylic acids is 1. The predicted molar refractivity (Wildman–Crippen MR) is 71.4 cm³/mol. The van der Waals surface area contributed by atoms with Crippen LogP contribution in [0, 0.1) is 11.3 Å². The molecule has 0 aromatic heterocycles. The van der Waals surface area contributed by atoms with Gasteiger partial charge in [0.15, 0.2) is 0 Å². The van der Waals surface area contributed by atoms with Crippen LogP contribution in [0.4, 0.5) is 0 Å². The topological polar surface area (TPSA) is 50.4 Å². The molecule has 1 amide bonds. The minimum Gasteiger partial charge on any atom is -0.366 e. The van der Waals surface area contributed by atoms with Gasteiger partial charge in [0.25, 0.3) is 0 Å². The number of morpholine rings is 1. The molecule has 0 radical (unpaired) electrons. The monoisotopic (exact) mass is 254 g/mol. The number of hydrogen-bond acceptors (Lipinski definition) is 3. The molecule has 1 saturated carbocycles. The summed E-state index contributed by atoms with van der Waals surface area (Å²) in [5.41, 5.74) is 0.497. The van der Waals surface area contributed by atoms with Crippen molar-refractivity contribution >= 4 is 5.91 Å². The summed E-state index contributed by atoms with van der Waals surface area (Å²) in [6.07, 6.45) is 4.72. The molecule has 4 nitrogen and oxygen atoms in total. The van der Waals surface area contributed by atoms with Crippen LogP contribution in [0.5, 0.6) is 0 Å². The van der Waals surface area contributed by atoms with Gasteiger partial charge in [-0.15, -0.1) is 0 Å². The lowest BCUT2D eigenvalue weighted by Crippen LogP contribution is -2.48. The highest BCUT2D eigenvalue weighted by Gasteiger charge is 2.28. The average Bonchev–Trinajstić information content (AvgIpc) is 2.38. The molecule has 18 heavy (non-hydrogen) atoms. The number of nitrogens with one attached hydrogen (secondary N) is 2. The standard InChI is InChI=1S/C14H26N2O2/c1-14(2)5-3-11(4-6-14)9-16-13(17)12-10-15-7-8-18-12/h11-12,15H,3-10H2,1-2H3,(H,16,17). The number of amides is 1. The zero-order valence-electron chi connectivity index (χ0n) is 11.6. The van der Waals surface area contributed by atoms with Gasteiger partial charge in [0.1, 0.15) is 6.10 Å². The van der Waals surface area contributed by atoms with Crippen molar-refractivity contribution in [1.82, 2.24) is 10.6 Å². The molecule has 0 aromatic carbocycles. The zero-order chi connectivity index (χ0) is 13.0. The largest absolute Gasteiger partial charge is 0.366 e. The van der Waals surface area contributed by atoms with Crippen LogP contribution < -0.4 is 10.6 Å². The number of ether oxygens (including phenoxy) is 1. The fraction of sp³-hybridized carbons (Fsp3) is 0.929. The Balaban J connectivity index is 1.67. The van der Waals surface area contributed by atoms with E-state index in [9.17, 15) is 4.79 Å². The molecule has 1 saturated heterocycles. The van der Waals surface area contributed by atoms with Gasteiger partial charge in [-0.25, -0.2) is 0 Å². The third kappa shape index (κ3) is 3.95. The van der Waals surface area contributed by atoms with Crippen molar-refractivity contribution in [3.8, 4) is 0 Å². The van der Waals surface area contributed by atoms with E-state index >= 15 is 0 Å². The highest BCUT2D eigenvalue weighted by Crippen LogP contribution is 2.37. The molecule has 104 valence electrons. The Bertz CT molecular complexity index is 276. The van der Waals surface area contributed by atoms with Crippen LogP contribution >= 0.6 is 0 Å². The first-order chi connectivity index (χ1) is 8.57. The second-order valence-electron chi connectivity index (χ2n) is 6.42. The van der Waals surface area contributed by atoms with Crippen LogP contribution in [0.1, 0.15) is 39.5 Å². The van der Waals surface area contributed by atoms with Crippen LogP contribution in [0.25, 0.3) is 0 Å². The van der Waals surface area contributed by atoms with E-state index in [2.05, 4.69) is 24.5 Å². The summed E-state index contributed by atoms with van der Waals surface area (Å²) in [5.74, 6) is 0.700. The number of carbonyl (C=O) groups is 1. The molecule has 1 aliphatic heterocycles. The Morgan fingerprint density at radius 1 is 1.39 bits per heavy atom. The highest BCUT2D eigenvalue weighted by molar-refractivity contribution is 5.81. The van der Waals surface area contributed by atoms with Gasteiger partial charge in [-0.05, 0) is 37.0 Å². The van der Waals surface area contributed by atoms with Gasteiger partial charge in [0.2, 0.25) is 5.91 Å². The van der Waals surface area contributed by atoms with Gasteiger partial charge in [0, 0.05) is 19.6 Å². The van der Waals surface area contributed by atoms with Crippen molar-refractivity contribution in [2.75, 3.05) is 26.2 Å². The Labute approximate surface area is 110 Å². The van der Waals surface area contributed by atoms with E-state index < -0.39 is 0 Å². The maximum Gasteiger partial charge on any atom is 0.250 e. The summed E-state index contributed by atoms with van der Waals surface area (Å²) in [7, 11) is 0. The first kappa shape index (κ1) is 13.8. The molecule has 0 bridgehead atoms. The first-order valence-corrected chi connectivity index (χ1v) is 7.17. The fourth-order valence-electron chi connectivity index (χ4n) is 2.76.